The number of ether oxygens (including phenoxy) is 1. The van der Waals surface area contributed by atoms with Gasteiger partial charge in [-0.25, -0.2) is 0 Å². The fourth-order valence-corrected chi connectivity index (χ4v) is 1.82. The summed E-state index contributed by atoms with van der Waals surface area (Å²) < 4.78 is 5.10. The highest BCUT2D eigenvalue weighted by Gasteiger charge is 2.55. The first-order valence-corrected chi connectivity index (χ1v) is 4.68. The Morgan fingerprint density at radius 1 is 1.69 bits per heavy atom. The summed E-state index contributed by atoms with van der Waals surface area (Å²) in [7, 11) is 1.64. The predicted octanol–water partition coefficient (Wildman–Crippen LogP) is 1.47. The molecule has 1 atom stereocenters. The number of aliphatic hydroxyl groups is 1. The van der Waals surface area contributed by atoms with E-state index in [4.69, 9.17) is 10.00 Å². The smallest absolute Gasteiger partial charge is 0.0879 e. The minimum Gasteiger partial charge on any atom is -0.388 e. The maximum absolute atomic E-state index is 10.1. The minimum atomic E-state index is -0.836. The molecule has 3 heteroatoms. The Bertz CT molecular complexity index is 228. The standard InChI is InChI=1S/C10H17NO2/c1-4-9(2,7-11)10(12)5-8(6-10)13-3/h8,12H,4-6H2,1-3H3. The van der Waals surface area contributed by atoms with Gasteiger partial charge in [-0.05, 0) is 13.3 Å². The summed E-state index contributed by atoms with van der Waals surface area (Å²) in [4.78, 5) is 0. The van der Waals surface area contributed by atoms with E-state index >= 15 is 0 Å². The first kappa shape index (κ1) is 10.5. The highest BCUT2D eigenvalue weighted by molar-refractivity contribution is 5.14. The molecule has 0 aromatic heterocycles. The van der Waals surface area contributed by atoms with Crippen molar-refractivity contribution in [3.8, 4) is 6.07 Å². The Morgan fingerprint density at radius 3 is 2.54 bits per heavy atom. The molecule has 1 fully saturated rings. The Labute approximate surface area is 79.3 Å². The van der Waals surface area contributed by atoms with Gasteiger partial charge in [0.15, 0.2) is 0 Å². The van der Waals surface area contributed by atoms with Crippen molar-refractivity contribution in [1.82, 2.24) is 0 Å². The van der Waals surface area contributed by atoms with Gasteiger partial charge in [0.1, 0.15) is 0 Å². The first-order chi connectivity index (χ1) is 6.01. The third-order valence-electron chi connectivity index (χ3n) is 3.45. The van der Waals surface area contributed by atoms with Gasteiger partial charge in [0.2, 0.25) is 0 Å². The molecule has 1 unspecified atom stereocenters. The zero-order chi connectivity index (χ0) is 10.1. The van der Waals surface area contributed by atoms with Gasteiger partial charge in [0, 0.05) is 20.0 Å². The molecular weight excluding hydrogens is 166 g/mol. The van der Waals surface area contributed by atoms with Crippen molar-refractivity contribution in [2.24, 2.45) is 5.41 Å². The summed E-state index contributed by atoms with van der Waals surface area (Å²) >= 11 is 0. The summed E-state index contributed by atoms with van der Waals surface area (Å²) in [5.41, 5.74) is -1.46. The maximum atomic E-state index is 10.1. The van der Waals surface area contributed by atoms with E-state index < -0.39 is 11.0 Å². The summed E-state index contributed by atoms with van der Waals surface area (Å²) in [5, 5.41) is 19.1. The molecule has 0 radical (unpaired) electrons. The van der Waals surface area contributed by atoms with E-state index in [-0.39, 0.29) is 6.10 Å². The van der Waals surface area contributed by atoms with Crippen LogP contribution in [0.3, 0.4) is 0 Å². The van der Waals surface area contributed by atoms with E-state index in [9.17, 15) is 5.11 Å². The second-order valence-electron chi connectivity index (χ2n) is 4.10. The van der Waals surface area contributed by atoms with Crippen molar-refractivity contribution >= 4 is 0 Å². The van der Waals surface area contributed by atoms with E-state index in [2.05, 4.69) is 6.07 Å². The molecule has 0 amide bonds. The predicted molar refractivity (Wildman–Crippen MR) is 49.0 cm³/mol. The number of rotatable bonds is 3. The molecule has 1 saturated carbocycles. The molecule has 0 aromatic rings. The lowest BCUT2D eigenvalue weighted by molar-refractivity contribution is -0.176. The SMILES string of the molecule is CCC(C)(C#N)C1(O)CC(OC)C1. The second kappa shape index (κ2) is 3.28. The van der Waals surface area contributed by atoms with Crippen LogP contribution in [0.1, 0.15) is 33.1 Å². The van der Waals surface area contributed by atoms with Gasteiger partial charge in [-0.1, -0.05) is 6.92 Å². The Hall–Kier alpha value is -0.590. The van der Waals surface area contributed by atoms with E-state index in [1.54, 1.807) is 7.11 Å². The van der Waals surface area contributed by atoms with Crippen LogP contribution in [0.25, 0.3) is 0 Å². The normalized spacial score (nSPS) is 37.3. The fraction of sp³-hybridized carbons (Fsp3) is 0.900. The number of hydrogen-bond acceptors (Lipinski definition) is 3. The molecule has 3 nitrogen and oxygen atoms in total. The highest BCUT2D eigenvalue weighted by atomic mass is 16.5. The third-order valence-corrected chi connectivity index (χ3v) is 3.45. The zero-order valence-electron chi connectivity index (χ0n) is 8.50. The van der Waals surface area contributed by atoms with E-state index in [1.165, 1.54) is 0 Å². The molecule has 1 N–H and O–H groups in total. The molecule has 0 bridgehead atoms. The molecule has 0 aromatic carbocycles. The molecule has 0 heterocycles. The van der Waals surface area contributed by atoms with Crippen LogP contribution in [0.5, 0.6) is 0 Å². The fourth-order valence-electron chi connectivity index (χ4n) is 1.82. The first-order valence-electron chi connectivity index (χ1n) is 4.68. The van der Waals surface area contributed by atoms with Gasteiger partial charge in [-0.3, -0.25) is 0 Å². The monoisotopic (exact) mass is 183 g/mol. The van der Waals surface area contributed by atoms with Crippen molar-refractivity contribution in [2.75, 3.05) is 7.11 Å². The quantitative estimate of drug-likeness (QED) is 0.720. The summed E-state index contributed by atoms with van der Waals surface area (Å²) in [6.07, 6.45) is 1.98. The number of methoxy groups -OCH3 is 1. The average molecular weight is 183 g/mol. The number of hydrogen-bond donors (Lipinski definition) is 1. The molecule has 13 heavy (non-hydrogen) atoms. The molecule has 1 aliphatic carbocycles. The lowest BCUT2D eigenvalue weighted by Crippen LogP contribution is -2.57. The third kappa shape index (κ3) is 1.45. The van der Waals surface area contributed by atoms with Crippen molar-refractivity contribution in [3.05, 3.63) is 0 Å². The molecule has 1 aliphatic rings. The molecule has 0 aliphatic heterocycles. The topological polar surface area (TPSA) is 53.2 Å². The van der Waals surface area contributed by atoms with Gasteiger partial charge in [0.05, 0.1) is 23.2 Å². The molecule has 0 spiro atoms. The van der Waals surface area contributed by atoms with Crippen LogP contribution in [-0.4, -0.2) is 23.9 Å². The lowest BCUT2D eigenvalue weighted by Gasteiger charge is -2.50. The van der Waals surface area contributed by atoms with Crippen LogP contribution in [0.15, 0.2) is 0 Å². The van der Waals surface area contributed by atoms with Crippen LogP contribution < -0.4 is 0 Å². The van der Waals surface area contributed by atoms with E-state index in [1.807, 2.05) is 13.8 Å². The molecular formula is C10H17NO2. The van der Waals surface area contributed by atoms with Gasteiger partial charge >= 0.3 is 0 Å². The van der Waals surface area contributed by atoms with Crippen LogP contribution in [0.4, 0.5) is 0 Å². The van der Waals surface area contributed by atoms with Crippen molar-refractivity contribution in [3.63, 3.8) is 0 Å². The Balaban J connectivity index is 2.68. The summed E-state index contributed by atoms with van der Waals surface area (Å²) in [6.45, 7) is 3.75. The highest BCUT2D eigenvalue weighted by Crippen LogP contribution is 2.48. The van der Waals surface area contributed by atoms with Crippen LogP contribution in [-0.2, 0) is 4.74 Å². The maximum Gasteiger partial charge on any atom is 0.0879 e. The summed E-state index contributed by atoms with van der Waals surface area (Å²) in [5.74, 6) is 0. The van der Waals surface area contributed by atoms with E-state index in [0.717, 1.165) is 0 Å². The molecule has 74 valence electrons. The number of nitriles is 1. The minimum absolute atomic E-state index is 0.129. The van der Waals surface area contributed by atoms with Gasteiger partial charge in [-0.2, -0.15) is 5.26 Å². The van der Waals surface area contributed by atoms with Crippen molar-refractivity contribution < 1.29 is 9.84 Å². The number of nitrogens with zero attached hydrogens (tertiary/aromatic N) is 1. The Kier molecular flexibility index (Phi) is 2.65. The largest absolute Gasteiger partial charge is 0.388 e. The van der Waals surface area contributed by atoms with Crippen LogP contribution >= 0.6 is 0 Å². The zero-order valence-corrected chi connectivity index (χ0v) is 8.50. The Morgan fingerprint density at radius 2 is 2.23 bits per heavy atom. The van der Waals surface area contributed by atoms with Crippen molar-refractivity contribution in [2.45, 2.75) is 44.8 Å². The van der Waals surface area contributed by atoms with Gasteiger partial charge in [-0.15, -0.1) is 0 Å². The van der Waals surface area contributed by atoms with Crippen LogP contribution in [0, 0.1) is 16.7 Å². The second-order valence-corrected chi connectivity index (χ2v) is 4.10. The van der Waals surface area contributed by atoms with E-state index in [0.29, 0.717) is 19.3 Å². The van der Waals surface area contributed by atoms with Gasteiger partial charge < -0.3 is 9.84 Å². The average Bonchev–Trinajstić information content (AvgIpc) is 2.11. The lowest BCUT2D eigenvalue weighted by atomic mass is 9.60. The van der Waals surface area contributed by atoms with Crippen molar-refractivity contribution in [1.29, 1.82) is 5.26 Å². The molecule has 1 rings (SSSR count). The summed E-state index contributed by atoms with van der Waals surface area (Å²) in [6, 6.07) is 2.21. The van der Waals surface area contributed by atoms with Crippen LogP contribution in [0.2, 0.25) is 0 Å². The molecule has 0 saturated heterocycles. The van der Waals surface area contributed by atoms with Gasteiger partial charge in [0.25, 0.3) is 0 Å².